The summed E-state index contributed by atoms with van der Waals surface area (Å²) >= 11 is 0. The minimum Gasteiger partial charge on any atom is -0.494 e. The summed E-state index contributed by atoms with van der Waals surface area (Å²) in [6.45, 7) is 0. The molecular weight excluding hydrogens is 309 g/mol. The van der Waals surface area contributed by atoms with E-state index in [0.717, 1.165) is 5.39 Å². The SMILES string of the molecule is COc1cccc2c1nc(N)n1cc(Cc3cccnc3F)nc21. The molecule has 0 bridgehead atoms. The monoisotopic (exact) mass is 323 g/mol. The first-order valence-electron chi connectivity index (χ1n) is 7.37. The first-order valence-corrected chi connectivity index (χ1v) is 7.37. The van der Waals surface area contributed by atoms with Gasteiger partial charge in [-0.25, -0.2) is 15.0 Å². The molecule has 0 radical (unpaired) electrons. The third-order valence-electron chi connectivity index (χ3n) is 3.90. The Labute approximate surface area is 136 Å². The van der Waals surface area contributed by atoms with Gasteiger partial charge in [0, 0.05) is 29.8 Å². The molecule has 4 aromatic rings. The second-order valence-electron chi connectivity index (χ2n) is 5.38. The number of methoxy groups -OCH3 is 1. The van der Waals surface area contributed by atoms with Gasteiger partial charge in [-0.05, 0) is 18.2 Å². The van der Waals surface area contributed by atoms with Gasteiger partial charge in [0.2, 0.25) is 11.9 Å². The first-order chi connectivity index (χ1) is 11.7. The van der Waals surface area contributed by atoms with Gasteiger partial charge in [-0.15, -0.1) is 0 Å². The molecule has 2 N–H and O–H groups in total. The number of fused-ring (bicyclic) bond motifs is 3. The molecule has 0 aliphatic carbocycles. The number of nitrogens with two attached hydrogens (primary N) is 1. The van der Waals surface area contributed by atoms with Crippen LogP contribution in [-0.4, -0.2) is 26.5 Å². The van der Waals surface area contributed by atoms with Crippen molar-refractivity contribution in [3.05, 3.63) is 59.9 Å². The number of anilines is 1. The van der Waals surface area contributed by atoms with E-state index in [-0.39, 0.29) is 0 Å². The molecule has 3 heterocycles. The number of benzene rings is 1. The van der Waals surface area contributed by atoms with Crippen molar-refractivity contribution >= 4 is 22.5 Å². The lowest BCUT2D eigenvalue weighted by atomic mass is 10.2. The van der Waals surface area contributed by atoms with E-state index in [1.54, 1.807) is 29.8 Å². The van der Waals surface area contributed by atoms with Crippen molar-refractivity contribution in [2.75, 3.05) is 12.8 Å². The zero-order valence-corrected chi connectivity index (χ0v) is 12.9. The molecule has 24 heavy (non-hydrogen) atoms. The van der Waals surface area contributed by atoms with Gasteiger partial charge in [0.25, 0.3) is 0 Å². The largest absolute Gasteiger partial charge is 0.494 e. The molecule has 0 spiro atoms. The van der Waals surface area contributed by atoms with Crippen LogP contribution in [-0.2, 0) is 6.42 Å². The number of hydrogen-bond donors (Lipinski definition) is 1. The maximum Gasteiger partial charge on any atom is 0.216 e. The third-order valence-corrected chi connectivity index (χ3v) is 3.90. The molecule has 4 rings (SSSR count). The second kappa shape index (κ2) is 5.45. The Morgan fingerprint density at radius 1 is 1.21 bits per heavy atom. The van der Waals surface area contributed by atoms with Crippen molar-refractivity contribution in [3.63, 3.8) is 0 Å². The van der Waals surface area contributed by atoms with Crippen molar-refractivity contribution in [2.24, 2.45) is 0 Å². The fourth-order valence-electron chi connectivity index (χ4n) is 2.78. The Kier molecular flexibility index (Phi) is 3.26. The number of aromatic nitrogens is 4. The predicted molar refractivity (Wildman–Crippen MR) is 88.5 cm³/mol. The third kappa shape index (κ3) is 2.21. The van der Waals surface area contributed by atoms with E-state index in [4.69, 9.17) is 10.5 Å². The van der Waals surface area contributed by atoms with Crippen LogP contribution in [0.4, 0.5) is 10.3 Å². The first kappa shape index (κ1) is 14.4. The molecular formula is C17H14FN5O. The van der Waals surface area contributed by atoms with E-state index < -0.39 is 5.95 Å². The van der Waals surface area contributed by atoms with Crippen molar-refractivity contribution in [1.29, 1.82) is 0 Å². The van der Waals surface area contributed by atoms with Crippen LogP contribution in [0.2, 0.25) is 0 Å². The summed E-state index contributed by atoms with van der Waals surface area (Å²) in [5.74, 6) is 0.434. The van der Waals surface area contributed by atoms with Gasteiger partial charge in [-0.2, -0.15) is 4.39 Å². The summed E-state index contributed by atoms with van der Waals surface area (Å²) in [7, 11) is 1.58. The van der Waals surface area contributed by atoms with E-state index in [2.05, 4.69) is 15.0 Å². The lowest BCUT2D eigenvalue weighted by Crippen LogP contribution is -2.01. The Balaban J connectivity index is 1.90. The zero-order chi connectivity index (χ0) is 16.7. The molecule has 7 heteroatoms. The molecule has 120 valence electrons. The van der Waals surface area contributed by atoms with Gasteiger partial charge in [0.15, 0.2) is 0 Å². The number of rotatable bonds is 3. The van der Waals surface area contributed by atoms with Crippen LogP contribution in [0.25, 0.3) is 16.6 Å². The minimum atomic E-state index is -0.493. The highest BCUT2D eigenvalue weighted by molar-refractivity contribution is 5.96. The van der Waals surface area contributed by atoms with E-state index in [0.29, 0.717) is 40.5 Å². The highest BCUT2D eigenvalue weighted by atomic mass is 19.1. The van der Waals surface area contributed by atoms with Crippen molar-refractivity contribution in [3.8, 4) is 5.75 Å². The fraction of sp³-hybridized carbons (Fsp3) is 0.118. The minimum absolute atomic E-state index is 0.299. The summed E-state index contributed by atoms with van der Waals surface area (Å²) in [6, 6.07) is 8.98. The van der Waals surface area contributed by atoms with Crippen LogP contribution in [0.1, 0.15) is 11.3 Å². The van der Waals surface area contributed by atoms with Gasteiger partial charge < -0.3 is 10.5 Å². The Morgan fingerprint density at radius 3 is 2.88 bits per heavy atom. The van der Waals surface area contributed by atoms with Gasteiger partial charge in [-0.1, -0.05) is 12.1 Å². The molecule has 0 saturated carbocycles. The van der Waals surface area contributed by atoms with Gasteiger partial charge in [0.05, 0.1) is 12.8 Å². The summed E-state index contributed by atoms with van der Waals surface area (Å²) in [5.41, 5.74) is 8.53. The molecule has 0 amide bonds. The Morgan fingerprint density at radius 2 is 2.08 bits per heavy atom. The number of halogens is 1. The lowest BCUT2D eigenvalue weighted by molar-refractivity contribution is 0.419. The second-order valence-corrected chi connectivity index (χ2v) is 5.38. The van der Waals surface area contributed by atoms with E-state index in [1.807, 2.05) is 18.2 Å². The van der Waals surface area contributed by atoms with Crippen LogP contribution in [0.3, 0.4) is 0 Å². The van der Waals surface area contributed by atoms with Crippen LogP contribution in [0.5, 0.6) is 5.75 Å². The maximum absolute atomic E-state index is 13.8. The number of nitrogens with zero attached hydrogens (tertiary/aromatic N) is 4. The number of ether oxygens (including phenoxy) is 1. The summed E-state index contributed by atoms with van der Waals surface area (Å²) < 4.78 is 20.8. The molecule has 1 aromatic carbocycles. The molecule has 0 unspecified atom stereocenters. The lowest BCUT2D eigenvalue weighted by Gasteiger charge is -2.07. The molecule has 0 fully saturated rings. The topological polar surface area (TPSA) is 78.3 Å². The summed E-state index contributed by atoms with van der Waals surface area (Å²) in [6.07, 6.45) is 3.51. The highest BCUT2D eigenvalue weighted by Gasteiger charge is 2.14. The van der Waals surface area contributed by atoms with Crippen molar-refractivity contribution < 1.29 is 9.13 Å². The number of para-hydroxylation sites is 1. The summed E-state index contributed by atoms with van der Waals surface area (Å²) in [5, 5.41) is 0.821. The van der Waals surface area contributed by atoms with Crippen LogP contribution in [0, 0.1) is 5.95 Å². The molecule has 0 atom stereocenters. The Hall–Kier alpha value is -3.22. The summed E-state index contributed by atoms with van der Waals surface area (Å²) in [4.78, 5) is 12.7. The van der Waals surface area contributed by atoms with Gasteiger partial charge in [0.1, 0.15) is 16.9 Å². The van der Waals surface area contributed by atoms with Crippen LogP contribution in [0.15, 0.2) is 42.7 Å². The average Bonchev–Trinajstić information content (AvgIpc) is 3.01. The van der Waals surface area contributed by atoms with Crippen LogP contribution < -0.4 is 10.5 Å². The van der Waals surface area contributed by atoms with E-state index in [1.165, 1.54) is 6.20 Å². The fourth-order valence-corrected chi connectivity index (χ4v) is 2.78. The average molecular weight is 323 g/mol. The number of nitrogen functional groups attached to an aromatic ring is 1. The van der Waals surface area contributed by atoms with E-state index >= 15 is 0 Å². The van der Waals surface area contributed by atoms with Crippen molar-refractivity contribution in [1.82, 2.24) is 19.4 Å². The quantitative estimate of drug-likeness (QED) is 0.586. The molecule has 6 nitrogen and oxygen atoms in total. The predicted octanol–water partition coefficient (Wildman–Crippen LogP) is 2.60. The number of imidazole rings is 1. The molecule has 0 saturated heterocycles. The van der Waals surface area contributed by atoms with Crippen LogP contribution >= 0.6 is 0 Å². The Bertz CT molecular complexity index is 1060. The zero-order valence-electron chi connectivity index (χ0n) is 12.9. The standard InChI is InChI=1S/C17H14FN5O/c1-24-13-6-2-5-12-14(13)22-17(19)23-9-11(21-16(12)23)8-10-4-3-7-20-15(10)18/h2-7,9H,8H2,1H3,(H2,19,22). The molecule has 3 aromatic heterocycles. The van der Waals surface area contributed by atoms with Gasteiger partial charge in [-0.3, -0.25) is 4.40 Å². The van der Waals surface area contributed by atoms with Gasteiger partial charge >= 0.3 is 0 Å². The van der Waals surface area contributed by atoms with E-state index in [9.17, 15) is 4.39 Å². The van der Waals surface area contributed by atoms with Crippen molar-refractivity contribution in [2.45, 2.75) is 6.42 Å². The maximum atomic E-state index is 13.8. The number of hydrogen-bond acceptors (Lipinski definition) is 5. The molecule has 0 aliphatic heterocycles. The highest BCUT2D eigenvalue weighted by Crippen LogP contribution is 2.28. The number of pyridine rings is 1. The smallest absolute Gasteiger partial charge is 0.216 e. The normalized spacial score (nSPS) is 11.2. The molecule has 0 aliphatic rings.